The summed E-state index contributed by atoms with van der Waals surface area (Å²) in [6.07, 6.45) is 7.85. The predicted molar refractivity (Wildman–Crippen MR) is 88.6 cm³/mol. The van der Waals surface area contributed by atoms with Crippen molar-refractivity contribution in [3.8, 4) is 11.4 Å². The molecule has 0 radical (unpaired) electrons. The monoisotopic (exact) mass is 306 g/mol. The maximum atomic E-state index is 12.1. The van der Waals surface area contributed by atoms with E-state index in [1.54, 1.807) is 18.6 Å². The average molecular weight is 306 g/mol. The second kappa shape index (κ2) is 7.35. The number of carbonyl (C=O) groups is 1. The Kier molecular flexibility index (Phi) is 4.79. The van der Waals surface area contributed by atoms with Gasteiger partial charge in [0.05, 0.1) is 0 Å². The highest BCUT2D eigenvalue weighted by atomic mass is 16.1. The fourth-order valence-corrected chi connectivity index (χ4v) is 2.39. The minimum Gasteiger partial charge on any atom is -0.354 e. The van der Waals surface area contributed by atoms with Crippen LogP contribution in [0.4, 0.5) is 0 Å². The van der Waals surface area contributed by atoms with Gasteiger partial charge >= 0.3 is 0 Å². The highest BCUT2D eigenvalue weighted by Crippen LogP contribution is 2.16. The van der Waals surface area contributed by atoms with E-state index in [2.05, 4.69) is 15.3 Å². The van der Waals surface area contributed by atoms with Crippen LogP contribution >= 0.6 is 0 Å². The number of nitrogens with one attached hydrogen (secondary N) is 1. The summed E-state index contributed by atoms with van der Waals surface area (Å²) in [6, 6.07) is 13.8. The zero-order valence-electron chi connectivity index (χ0n) is 12.7. The van der Waals surface area contributed by atoms with Crippen LogP contribution in [0.5, 0.6) is 0 Å². The van der Waals surface area contributed by atoms with Crippen LogP contribution < -0.4 is 5.32 Å². The molecule has 0 aliphatic heterocycles. The minimum atomic E-state index is -0.0192. The van der Waals surface area contributed by atoms with Crippen LogP contribution in [-0.4, -0.2) is 27.0 Å². The Morgan fingerprint density at radius 1 is 1.04 bits per heavy atom. The molecule has 1 aromatic carbocycles. The molecule has 0 saturated heterocycles. The molecule has 5 heteroatoms. The number of pyridine rings is 1. The maximum Gasteiger partial charge on any atom is 0.240 e. The topological polar surface area (TPSA) is 59.8 Å². The van der Waals surface area contributed by atoms with Crippen LogP contribution in [-0.2, 0) is 17.8 Å². The zero-order valence-corrected chi connectivity index (χ0v) is 12.7. The molecule has 0 fully saturated rings. The number of benzene rings is 1. The average Bonchev–Trinajstić information content (AvgIpc) is 3.05. The summed E-state index contributed by atoms with van der Waals surface area (Å²) in [5.74, 6) is 0.782. The highest BCUT2D eigenvalue weighted by molar-refractivity contribution is 5.76. The number of hydrogen-bond acceptors (Lipinski definition) is 3. The third kappa shape index (κ3) is 4.03. The molecule has 2 aromatic heterocycles. The third-order valence-electron chi connectivity index (χ3n) is 3.55. The Balaban J connectivity index is 1.56. The van der Waals surface area contributed by atoms with E-state index in [1.165, 1.54) is 0 Å². The molecule has 0 spiro atoms. The number of rotatable bonds is 6. The molecule has 2 heterocycles. The van der Waals surface area contributed by atoms with Crippen molar-refractivity contribution in [2.45, 2.75) is 13.0 Å². The lowest BCUT2D eigenvalue weighted by atomic mass is 10.2. The van der Waals surface area contributed by atoms with E-state index >= 15 is 0 Å². The summed E-state index contributed by atoms with van der Waals surface area (Å²) >= 11 is 0. The van der Waals surface area contributed by atoms with Crippen LogP contribution in [0.1, 0.15) is 5.56 Å². The first-order chi connectivity index (χ1) is 11.3. The van der Waals surface area contributed by atoms with Crippen molar-refractivity contribution in [2.24, 2.45) is 0 Å². The molecular formula is C18H18N4O. The van der Waals surface area contributed by atoms with Crippen molar-refractivity contribution in [2.75, 3.05) is 6.54 Å². The van der Waals surface area contributed by atoms with Crippen molar-refractivity contribution in [3.63, 3.8) is 0 Å². The Morgan fingerprint density at radius 3 is 2.61 bits per heavy atom. The van der Waals surface area contributed by atoms with E-state index in [1.807, 2.05) is 53.2 Å². The molecule has 0 aliphatic carbocycles. The zero-order chi connectivity index (χ0) is 15.9. The molecule has 0 atom stereocenters. The van der Waals surface area contributed by atoms with Gasteiger partial charge in [-0.2, -0.15) is 0 Å². The SMILES string of the molecule is O=C(Cn1ccnc1-c1ccccc1)NCCc1ccncc1. The minimum absolute atomic E-state index is 0.0192. The largest absolute Gasteiger partial charge is 0.354 e. The van der Waals surface area contributed by atoms with Crippen molar-refractivity contribution in [1.82, 2.24) is 19.9 Å². The summed E-state index contributed by atoms with van der Waals surface area (Å²) in [4.78, 5) is 20.4. The summed E-state index contributed by atoms with van der Waals surface area (Å²) in [7, 11) is 0. The highest BCUT2D eigenvalue weighted by Gasteiger charge is 2.09. The maximum absolute atomic E-state index is 12.1. The van der Waals surface area contributed by atoms with Crippen LogP contribution in [0.2, 0.25) is 0 Å². The van der Waals surface area contributed by atoms with Gasteiger partial charge in [-0.15, -0.1) is 0 Å². The summed E-state index contributed by atoms with van der Waals surface area (Å²) < 4.78 is 1.86. The quantitative estimate of drug-likeness (QED) is 0.760. The molecule has 116 valence electrons. The van der Waals surface area contributed by atoms with Gasteiger partial charge in [-0.3, -0.25) is 9.78 Å². The first-order valence-corrected chi connectivity index (χ1v) is 7.55. The molecule has 5 nitrogen and oxygen atoms in total. The fraction of sp³-hybridized carbons (Fsp3) is 0.167. The standard InChI is InChI=1S/C18H18N4O/c23-17(20-11-8-15-6-9-19-10-7-15)14-22-13-12-21-18(22)16-4-2-1-3-5-16/h1-7,9-10,12-13H,8,11,14H2,(H,20,23). The van der Waals surface area contributed by atoms with E-state index in [9.17, 15) is 4.79 Å². The van der Waals surface area contributed by atoms with Crippen molar-refractivity contribution in [3.05, 3.63) is 72.8 Å². The Morgan fingerprint density at radius 2 is 1.83 bits per heavy atom. The number of hydrogen-bond donors (Lipinski definition) is 1. The molecule has 0 aliphatic rings. The second-order valence-corrected chi connectivity index (χ2v) is 5.20. The van der Waals surface area contributed by atoms with Crippen LogP contribution in [0.15, 0.2) is 67.3 Å². The van der Waals surface area contributed by atoms with E-state index in [4.69, 9.17) is 0 Å². The van der Waals surface area contributed by atoms with E-state index in [0.717, 1.165) is 23.4 Å². The van der Waals surface area contributed by atoms with Gasteiger partial charge in [-0.1, -0.05) is 30.3 Å². The molecule has 3 rings (SSSR count). The first kappa shape index (κ1) is 15.0. The molecule has 3 aromatic rings. The molecule has 1 amide bonds. The summed E-state index contributed by atoms with van der Waals surface area (Å²) in [5.41, 5.74) is 2.16. The van der Waals surface area contributed by atoms with Gasteiger partial charge in [0.25, 0.3) is 0 Å². The van der Waals surface area contributed by atoms with Crippen LogP contribution in [0.3, 0.4) is 0 Å². The van der Waals surface area contributed by atoms with Gasteiger partial charge in [0.2, 0.25) is 5.91 Å². The van der Waals surface area contributed by atoms with Gasteiger partial charge in [0.1, 0.15) is 12.4 Å². The normalized spacial score (nSPS) is 10.4. The van der Waals surface area contributed by atoms with E-state index < -0.39 is 0 Å². The second-order valence-electron chi connectivity index (χ2n) is 5.20. The van der Waals surface area contributed by atoms with Gasteiger partial charge in [-0.25, -0.2) is 4.98 Å². The third-order valence-corrected chi connectivity index (χ3v) is 3.55. The molecule has 1 N–H and O–H groups in total. The molecule has 0 unspecified atom stereocenters. The van der Waals surface area contributed by atoms with Gasteiger partial charge in [0, 0.05) is 36.9 Å². The predicted octanol–water partition coefficient (Wildman–Crippen LogP) is 2.30. The Hall–Kier alpha value is -2.95. The lowest BCUT2D eigenvalue weighted by Gasteiger charge is -2.09. The van der Waals surface area contributed by atoms with E-state index in [-0.39, 0.29) is 12.5 Å². The Labute approximate surface area is 135 Å². The lowest BCUT2D eigenvalue weighted by Crippen LogP contribution is -2.29. The Bertz CT molecular complexity index is 753. The van der Waals surface area contributed by atoms with Gasteiger partial charge < -0.3 is 9.88 Å². The van der Waals surface area contributed by atoms with Crippen molar-refractivity contribution in [1.29, 1.82) is 0 Å². The lowest BCUT2D eigenvalue weighted by molar-refractivity contribution is -0.121. The molecule has 0 bridgehead atoms. The molecular weight excluding hydrogens is 288 g/mol. The number of imidazole rings is 1. The van der Waals surface area contributed by atoms with E-state index in [0.29, 0.717) is 6.54 Å². The van der Waals surface area contributed by atoms with Crippen molar-refractivity contribution >= 4 is 5.91 Å². The van der Waals surface area contributed by atoms with Crippen LogP contribution in [0.25, 0.3) is 11.4 Å². The first-order valence-electron chi connectivity index (χ1n) is 7.55. The number of amides is 1. The van der Waals surface area contributed by atoms with Crippen LogP contribution in [0, 0.1) is 0 Å². The smallest absolute Gasteiger partial charge is 0.240 e. The number of aromatic nitrogens is 3. The van der Waals surface area contributed by atoms with Crippen molar-refractivity contribution < 1.29 is 4.79 Å². The number of carbonyl (C=O) groups excluding carboxylic acids is 1. The summed E-state index contributed by atoms with van der Waals surface area (Å²) in [6.45, 7) is 0.874. The number of nitrogens with zero attached hydrogens (tertiary/aromatic N) is 3. The fourth-order valence-electron chi connectivity index (χ4n) is 2.39. The van der Waals surface area contributed by atoms with Gasteiger partial charge in [0.15, 0.2) is 0 Å². The van der Waals surface area contributed by atoms with Gasteiger partial charge in [-0.05, 0) is 24.1 Å². The summed E-state index contributed by atoms with van der Waals surface area (Å²) in [5, 5.41) is 2.94. The molecule has 0 saturated carbocycles. The molecule has 23 heavy (non-hydrogen) atoms.